The lowest BCUT2D eigenvalue weighted by molar-refractivity contribution is 0.464. The molecule has 5 heteroatoms. The molecule has 0 unspecified atom stereocenters. The molecule has 7 aromatic carbocycles. The van der Waals surface area contributed by atoms with Gasteiger partial charge in [0.2, 0.25) is 0 Å². The van der Waals surface area contributed by atoms with Gasteiger partial charge in [-0.3, -0.25) is 9.97 Å². The lowest BCUT2D eigenvalue weighted by Gasteiger charge is -2.33. The monoisotopic (exact) mass is 676 g/mol. The van der Waals surface area contributed by atoms with Gasteiger partial charge in [-0.1, -0.05) is 115 Å². The molecule has 2 aromatic heterocycles. The molecular formula is C48H29BN2O2. The number of pyridine rings is 2. The van der Waals surface area contributed by atoms with Crippen LogP contribution in [-0.4, -0.2) is 16.7 Å². The van der Waals surface area contributed by atoms with E-state index in [4.69, 9.17) is 9.47 Å². The fourth-order valence-electron chi connectivity index (χ4n) is 7.96. The Morgan fingerprint density at radius 2 is 0.755 bits per heavy atom. The van der Waals surface area contributed by atoms with Gasteiger partial charge in [0, 0.05) is 39.8 Å². The number of benzene rings is 7. The van der Waals surface area contributed by atoms with E-state index in [9.17, 15) is 0 Å². The van der Waals surface area contributed by atoms with E-state index < -0.39 is 0 Å². The van der Waals surface area contributed by atoms with Crippen LogP contribution >= 0.6 is 0 Å². The van der Waals surface area contributed by atoms with Gasteiger partial charge in [0.05, 0.1) is 11.0 Å². The second kappa shape index (κ2) is 11.8. The third-order valence-electron chi connectivity index (χ3n) is 10.7. The molecule has 2 aliphatic heterocycles. The first-order valence-electron chi connectivity index (χ1n) is 17.9. The Bertz CT molecular complexity index is 2710. The van der Waals surface area contributed by atoms with E-state index in [1.165, 1.54) is 0 Å². The first kappa shape index (κ1) is 29.7. The topological polar surface area (TPSA) is 44.2 Å². The van der Waals surface area contributed by atoms with Crippen molar-refractivity contribution in [2.45, 2.75) is 0 Å². The lowest BCUT2D eigenvalue weighted by atomic mass is 9.34. The molecule has 2 aliphatic rings. The second-order valence-corrected chi connectivity index (χ2v) is 13.8. The molecule has 0 fully saturated rings. The van der Waals surface area contributed by atoms with Gasteiger partial charge in [0.25, 0.3) is 6.71 Å². The Morgan fingerprint density at radius 1 is 0.340 bits per heavy atom. The molecule has 53 heavy (non-hydrogen) atoms. The summed E-state index contributed by atoms with van der Waals surface area (Å²) < 4.78 is 13.1. The molecule has 4 heterocycles. The maximum absolute atomic E-state index is 6.55. The summed E-state index contributed by atoms with van der Waals surface area (Å²) in [5.41, 5.74) is 14.4. The Kier molecular flexibility index (Phi) is 6.61. The number of rotatable bonds is 4. The lowest BCUT2D eigenvalue weighted by Crippen LogP contribution is -2.57. The van der Waals surface area contributed by atoms with Crippen LogP contribution < -0.4 is 25.9 Å². The zero-order valence-corrected chi connectivity index (χ0v) is 28.5. The third-order valence-corrected chi connectivity index (χ3v) is 10.7. The molecule has 9 aromatic rings. The predicted octanol–water partition coefficient (Wildman–Crippen LogP) is 10.2. The van der Waals surface area contributed by atoms with E-state index in [1.54, 1.807) is 0 Å². The van der Waals surface area contributed by atoms with Crippen LogP contribution in [0.2, 0.25) is 0 Å². The molecule has 11 rings (SSSR count). The summed E-state index contributed by atoms with van der Waals surface area (Å²) in [6, 6.07) is 57.6. The first-order valence-corrected chi connectivity index (χ1v) is 17.9. The molecule has 0 radical (unpaired) electrons. The third kappa shape index (κ3) is 5.01. The van der Waals surface area contributed by atoms with Gasteiger partial charge in [-0.2, -0.15) is 0 Å². The molecule has 0 atom stereocenters. The molecule has 0 spiro atoms. The van der Waals surface area contributed by atoms with Crippen molar-refractivity contribution in [3.8, 4) is 67.5 Å². The molecule has 0 N–H and O–H groups in total. The zero-order valence-electron chi connectivity index (χ0n) is 28.5. The van der Waals surface area contributed by atoms with Crippen molar-refractivity contribution in [3.05, 3.63) is 176 Å². The molecule has 0 aliphatic carbocycles. The quantitative estimate of drug-likeness (QED) is 0.174. The van der Waals surface area contributed by atoms with E-state index in [1.807, 2.05) is 54.9 Å². The van der Waals surface area contributed by atoms with Crippen LogP contribution in [0.3, 0.4) is 0 Å². The second-order valence-electron chi connectivity index (χ2n) is 13.8. The summed E-state index contributed by atoms with van der Waals surface area (Å²) in [6.45, 7) is -0.0421. The fraction of sp³-hybridized carbons (Fsp3) is 0. The number of para-hydroxylation sites is 2. The van der Waals surface area contributed by atoms with E-state index in [-0.39, 0.29) is 6.71 Å². The largest absolute Gasteiger partial charge is 0.458 e. The van der Waals surface area contributed by atoms with Crippen molar-refractivity contribution >= 4 is 44.9 Å². The Labute approximate surface area is 307 Å². The van der Waals surface area contributed by atoms with Gasteiger partial charge >= 0.3 is 0 Å². The van der Waals surface area contributed by atoms with Gasteiger partial charge in [-0.05, 0) is 92.8 Å². The SMILES string of the molecule is c1cc2c3c(c1)Oc1ccc(-c4ccc(-c5cnc6ccccc6c5)cc4)cc1B3c1cc(-c3ccc(-c4cnc5ccccc5c4)cc3)ccc1O2. The standard InChI is InChI=1S/C48H29BN2O2/c1-3-8-42-36(6-1)24-38(28-50-42)32-16-12-30(13-17-32)34-20-22-44-40(26-34)49-41-27-35(21-23-45(41)53-47-11-5-10-46(52-44)48(47)49)31-14-18-33(19-15-31)39-25-37-7-2-4-9-43(37)51-29-39/h1-29H. The maximum Gasteiger partial charge on any atom is 0.260 e. The minimum Gasteiger partial charge on any atom is -0.458 e. The van der Waals surface area contributed by atoms with Gasteiger partial charge < -0.3 is 9.47 Å². The highest BCUT2D eigenvalue weighted by Crippen LogP contribution is 2.37. The number of hydrogen-bond donors (Lipinski definition) is 0. The molecule has 0 saturated heterocycles. The molecular weight excluding hydrogens is 647 g/mol. The predicted molar refractivity (Wildman–Crippen MR) is 216 cm³/mol. The number of nitrogens with zero attached hydrogens (tertiary/aromatic N) is 2. The van der Waals surface area contributed by atoms with Gasteiger partial charge in [0.15, 0.2) is 0 Å². The first-order chi connectivity index (χ1) is 26.2. The minimum absolute atomic E-state index is 0.0421. The van der Waals surface area contributed by atoms with Crippen LogP contribution in [0.4, 0.5) is 0 Å². The van der Waals surface area contributed by atoms with Crippen LogP contribution in [-0.2, 0) is 0 Å². The van der Waals surface area contributed by atoms with Crippen LogP contribution in [0, 0.1) is 0 Å². The van der Waals surface area contributed by atoms with Crippen LogP contribution in [0.5, 0.6) is 23.0 Å². The van der Waals surface area contributed by atoms with Crippen molar-refractivity contribution in [2.75, 3.05) is 0 Å². The average Bonchev–Trinajstić information content (AvgIpc) is 3.23. The van der Waals surface area contributed by atoms with Crippen molar-refractivity contribution in [1.82, 2.24) is 9.97 Å². The summed E-state index contributed by atoms with van der Waals surface area (Å²) in [4.78, 5) is 9.36. The number of fused-ring (bicyclic) bond motifs is 6. The fourth-order valence-corrected chi connectivity index (χ4v) is 7.96. The van der Waals surface area contributed by atoms with Crippen LogP contribution in [0.1, 0.15) is 0 Å². The molecule has 0 saturated carbocycles. The van der Waals surface area contributed by atoms with Gasteiger partial charge in [-0.15, -0.1) is 0 Å². The van der Waals surface area contributed by atoms with E-state index in [0.717, 1.165) is 106 Å². The normalized spacial score (nSPS) is 12.4. The summed E-state index contributed by atoms with van der Waals surface area (Å²) in [5.74, 6) is 3.42. The van der Waals surface area contributed by atoms with E-state index >= 15 is 0 Å². The van der Waals surface area contributed by atoms with Crippen molar-refractivity contribution in [2.24, 2.45) is 0 Å². The number of ether oxygens (including phenoxy) is 2. The van der Waals surface area contributed by atoms with Crippen LogP contribution in [0.25, 0.3) is 66.3 Å². The average molecular weight is 677 g/mol. The van der Waals surface area contributed by atoms with Crippen LogP contribution in [0.15, 0.2) is 176 Å². The molecule has 0 amide bonds. The highest BCUT2D eigenvalue weighted by Gasteiger charge is 2.40. The number of aromatic nitrogens is 2. The Morgan fingerprint density at radius 3 is 1.23 bits per heavy atom. The molecule has 0 bridgehead atoms. The van der Waals surface area contributed by atoms with Crippen molar-refractivity contribution < 1.29 is 9.47 Å². The number of hydrogen-bond acceptors (Lipinski definition) is 4. The Hall–Kier alpha value is -6.98. The van der Waals surface area contributed by atoms with E-state index in [0.29, 0.717) is 0 Å². The van der Waals surface area contributed by atoms with E-state index in [2.05, 4.69) is 131 Å². The Balaban J connectivity index is 0.957. The van der Waals surface area contributed by atoms with Gasteiger partial charge in [0.1, 0.15) is 23.0 Å². The summed E-state index contributed by atoms with van der Waals surface area (Å²) in [5, 5.41) is 2.28. The highest BCUT2D eigenvalue weighted by atomic mass is 16.5. The molecule has 4 nitrogen and oxygen atoms in total. The highest BCUT2D eigenvalue weighted by molar-refractivity contribution is 6.98. The smallest absolute Gasteiger partial charge is 0.260 e. The summed E-state index contributed by atoms with van der Waals surface area (Å²) >= 11 is 0. The van der Waals surface area contributed by atoms with Crippen molar-refractivity contribution in [1.29, 1.82) is 0 Å². The minimum atomic E-state index is -0.0421. The summed E-state index contributed by atoms with van der Waals surface area (Å²) in [6.07, 6.45) is 3.91. The molecule has 246 valence electrons. The summed E-state index contributed by atoms with van der Waals surface area (Å²) in [7, 11) is 0. The van der Waals surface area contributed by atoms with Gasteiger partial charge in [-0.25, -0.2) is 0 Å². The maximum atomic E-state index is 6.55. The van der Waals surface area contributed by atoms with Crippen molar-refractivity contribution in [3.63, 3.8) is 0 Å². The zero-order chi connectivity index (χ0) is 34.9.